The number of hydrogen-bond donors (Lipinski definition) is 1. The molecule has 1 atom stereocenters. The normalized spacial score (nSPS) is 26.0. The van der Waals surface area contributed by atoms with Gasteiger partial charge in [0.15, 0.2) is 0 Å². The summed E-state index contributed by atoms with van der Waals surface area (Å²) in [5.41, 5.74) is 0.192. The Bertz CT molecular complexity index is 191. The maximum absolute atomic E-state index is 5.80. The molecule has 2 nitrogen and oxygen atoms in total. The maximum Gasteiger partial charge on any atom is 0.0831 e. The van der Waals surface area contributed by atoms with Crippen LogP contribution in [-0.4, -0.2) is 25.3 Å². The third-order valence-corrected chi connectivity index (χ3v) is 4.15. The standard InChI is InChI=1S/C13H25NO/c1-3-9-14-12(10-11-5-6-11)13(15-2)7-4-8-13/h11-12,14H,3-10H2,1-2H3. The smallest absolute Gasteiger partial charge is 0.0831 e. The van der Waals surface area contributed by atoms with Crippen LogP contribution in [0.15, 0.2) is 0 Å². The van der Waals surface area contributed by atoms with Crippen molar-refractivity contribution in [3.8, 4) is 0 Å². The van der Waals surface area contributed by atoms with E-state index in [1.807, 2.05) is 7.11 Å². The monoisotopic (exact) mass is 211 g/mol. The van der Waals surface area contributed by atoms with Gasteiger partial charge in [-0.2, -0.15) is 0 Å². The van der Waals surface area contributed by atoms with Crippen molar-refractivity contribution in [1.82, 2.24) is 5.32 Å². The first-order valence-electron chi connectivity index (χ1n) is 6.59. The van der Waals surface area contributed by atoms with Crippen LogP contribution < -0.4 is 5.32 Å². The quantitative estimate of drug-likeness (QED) is 0.699. The molecule has 0 aliphatic heterocycles. The van der Waals surface area contributed by atoms with Crippen molar-refractivity contribution in [1.29, 1.82) is 0 Å². The average molecular weight is 211 g/mol. The third kappa shape index (κ3) is 2.54. The molecule has 0 aromatic carbocycles. The van der Waals surface area contributed by atoms with E-state index in [0.717, 1.165) is 12.5 Å². The summed E-state index contributed by atoms with van der Waals surface area (Å²) >= 11 is 0. The second kappa shape index (κ2) is 4.84. The van der Waals surface area contributed by atoms with E-state index in [9.17, 15) is 0 Å². The molecule has 2 rings (SSSR count). The van der Waals surface area contributed by atoms with Gasteiger partial charge in [-0.25, -0.2) is 0 Å². The molecule has 0 saturated heterocycles. The number of hydrogen-bond acceptors (Lipinski definition) is 2. The van der Waals surface area contributed by atoms with Crippen molar-refractivity contribution >= 4 is 0 Å². The molecular weight excluding hydrogens is 186 g/mol. The molecule has 0 aromatic heterocycles. The summed E-state index contributed by atoms with van der Waals surface area (Å²) in [7, 11) is 1.90. The Morgan fingerprint density at radius 3 is 2.53 bits per heavy atom. The van der Waals surface area contributed by atoms with E-state index in [2.05, 4.69) is 12.2 Å². The molecule has 0 radical (unpaired) electrons. The Balaban J connectivity index is 1.89. The minimum atomic E-state index is 0.192. The van der Waals surface area contributed by atoms with Crippen molar-refractivity contribution in [3.63, 3.8) is 0 Å². The van der Waals surface area contributed by atoms with Crippen molar-refractivity contribution < 1.29 is 4.74 Å². The lowest BCUT2D eigenvalue weighted by Crippen LogP contribution is -2.56. The summed E-state index contributed by atoms with van der Waals surface area (Å²) in [6, 6.07) is 0.615. The van der Waals surface area contributed by atoms with Crippen LogP contribution in [0.25, 0.3) is 0 Å². The predicted molar refractivity (Wildman–Crippen MR) is 63.0 cm³/mol. The van der Waals surface area contributed by atoms with Crippen LogP contribution in [-0.2, 0) is 4.74 Å². The first-order chi connectivity index (χ1) is 7.30. The molecule has 0 bridgehead atoms. The second-order valence-corrected chi connectivity index (χ2v) is 5.31. The van der Waals surface area contributed by atoms with Crippen molar-refractivity contribution in [3.05, 3.63) is 0 Å². The Labute approximate surface area is 93.8 Å². The Morgan fingerprint density at radius 1 is 1.40 bits per heavy atom. The Morgan fingerprint density at radius 2 is 2.13 bits per heavy atom. The first kappa shape index (κ1) is 11.4. The number of methoxy groups -OCH3 is 1. The molecule has 0 amide bonds. The maximum atomic E-state index is 5.80. The SMILES string of the molecule is CCCNC(CC1CC1)C1(OC)CCC1. The lowest BCUT2D eigenvalue weighted by atomic mass is 9.72. The first-order valence-corrected chi connectivity index (χ1v) is 6.59. The van der Waals surface area contributed by atoms with E-state index in [1.165, 1.54) is 44.9 Å². The summed E-state index contributed by atoms with van der Waals surface area (Å²) < 4.78 is 5.80. The minimum Gasteiger partial charge on any atom is -0.377 e. The number of nitrogens with one attached hydrogen (secondary N) is 1. The van der Waals surface area contributed by atoms with Crippen LogP contribution in [0.1, 0.15) is 51.9 Å². The molecule has 2 heteroatoms. The van der Waals surface area contributed by atoms with Gasteiger partial charge in [0.2, 0.25) is 0 Å². The summed E-state index contributed by atoms with van der Waals surface area (Å²) in [5, 5.41) is 3.71. The highest BCUT2D eigenvalue weighted by Gasteiger charge is 2.45. The van der Waals surface area contributed by atoms with Gasteiger partial charge in [-0.1, -0.05) is 19.8 Å². The fraction of sp³-hybridized carbons (Fsp3) is 1.00. The molecule has 2 fully saturated rings. The fourth-order valence-electron chi connectivity index (χ4n) is 2.71. The summed E-state index contributed by atoms with van der Waals surface area (Å²) in [4.78, 5) is 0. The van der Waals surface area contributed by atoms with Crippen LogP contribution in [0.5, 0.6) is 0 Å². The Kier molecular flexibility index (Phi) is 3.68. The number of rotatable bonds is 7. The lowest BCUT2D eigenvalue weighted by Gasteiger charge is -2.47. The van der Waals surface area contributed by atoms with E-state index in [0.29, 0.717) is 6.04 Å². The molecule has 2 aliphatic carbocycles. The zero-order valence-electron chi connectivity index (χ0n) is 10.2. The zero-order chi connectivity index (χ0) is 10.7. The van der Waals surface area contributed by atoms with Gasteiger partial charge < -0.3 is 10.1 Å². The van der Waals surface area contributed by atoms with E-state index in [-0.39, 0.29) is 5.60 Å². The summed E-state index contributed by atoms with van der Waals surface area (Å²) in [6.45, 7) is 3.38. The summed E-state index contributed by atoms with van der Waals surface area (Å²) in [5.74, 6) is 0.993. The van der Waals surface area contributed by atoms with Gasteiger partial charge in [-0.05, 0) is 44.6 Å². The predicted octanol–water partition coefficient (Wildman–Crippen LogP) is 2.72. The molecule has 0 aromatic rings. The molecule has 1 unspecified atom stereocenters. The van der Waals surface area contributed by atoms with Gasteiger partial charge in [-0.3, -0.25) is 0 Å². The van der Waals surface area contributed by atoms with Gasteiger partial charge in [0, 0.05) is 13.2 Å². The highest BCUT2D eigenvalue weighted by Crippen LogP contribution is 2.43. The molecule has 88 valence electrons. The average Bonchev–Trinajstić information content (AvgIpc) is 2.96. The van der Waals surface area contributed by atoms with Crippen LogP contribution in [0.3, 0.4) is 0 Å². The van der Waals surface area contributed by atoms with Gasteiger partial charge >= 0.3 is 0 Å². The lowest BCUT2D eigenvalue weighted by molar-refractivity contribution is -0.101. The highest BCUT2D eigenvalue weighted by molar-refractivity contribution is 5.01. The van der Waals surface area contributed by atoms with Crippen LogP contribution >= 0.6 is 0 Å². The molecule has 1 N–H and O–H groups in total. The molecular formula is C13H25NO. The molecule has 2 saturated carbocycles. The fourth-order valence-corrected chi connectivity index (χ4v) is 2.71. The van der Waals surface area contributed by atoms with Crippen molar-refractivity contribution in [2.24, 2.45) is 5.92 Å². The zero-order valence-corrected chi connectivity index (χ0v) is 10.2. The van der Waals surface area contributed by atoms with Crippen LogP contribution in [0, 0.1) is 5.92 Å². The van der Waals surface area contributed by atoms with Gasteiger partial charge in [0.25, 0.3) is 0 Å². The van der Waals surface area contributed by atoms with Gasteiger partial charge in [-0.15, -0.1) is 0 Å². The van der Waals surface area contributed by atoms with Crippen molar-refractivity contribution in [2.75, 3.05) is 13.7 Å². The molecule has 0 heterocycles. The van der Waals surface area contributed by atoms with Crippen molar-refractivity contribution in [2.45, 2.75) is 63.5 Å². The van der Waals surface area contributed by atoms with Gasteiger partial charge in [0.05, 0.1) is 5.60 Å². The highest BCUT2D eigenvalue weighted by atomic mass is 16.5. The minimum absolute atomic E-state index is 0.192. The Hall–Kier alpha value is -0.0800. The summed E-state index contributed by atoms with van der Waals surface area (Å²) in [6.07, 6.45) is 9.33. The van der Waals surface area contributed by atoms with Crippen LogP contribution in [0.4, 0.5) is 0 Å². The molecule has 0 spiro atoms. The van der Waals surface area contributed by atoms with E-state index < -0.39 is 0 Å². The largest absolute Gasteiger partial charge is 0.377 e. The molecule has 2 aliphatic rings. The van der Waals surface area contributed by atoms with E-state index in [4.69, 9.17) is 4.74 Å². The molecule has 15 heavy (non-hydrogen) atoms. The van der Waals surface area contributed by atoms with Gasteiger partial charge in [0.1, 0.15) is 0 Å². The van der Waals surface area contributed by atoms with E-state index in [1.54, 1.807) is 0 Å². The van der Waals surface area contributed by atoms with Crippen LogP contribution in [0.2, 0.25) is 0 Å². The topological polar surface area (TPSA) is 21.3 Å². The number of ether oxygens (including phenoxy) is 1. The van der Waals surface area contributed by atoms with E-state index >= 15 is 0 Å². The third-order valence-electron chi connectivity index (χ3n) is 4.15. The second-order valence-electron chi connectivity index (χ2n) is 5.31.